The first-order chi connectivity index (χ1) is 13.7. The summed E-state index contributed by atoms with van der Waals surface area (Å²) in [5, 5.41) is 7.46. The maximum atomic E-state index is 13.0. The second-order valence-corrected chi connectivity index (χ2v) is 8.35. The first-order valence-corrected chi connectivity index (χ1v) is 10.8. The van der Waals surface area contributed by atoms with Crippen molar-refractivity contribution >= 4 is 5.91 Å². The number of rotatable bonds is 4. The minimum atomic E-state index is 0.125. The fourth-order valence-corrected chi connectivity index (χ4v) is 4.68. The smallest absolute Gasteiger partial charge is 0.225 e. The van der Waals surface area contributed by atoms with E-state index >= 15 is 0 Å². The van der Waals surface area contributed by atoms with Crippen LogP contribution in [0.15, 0.2) is 0 Å². The summed E-state index contributed by atoms with van der Waals surface area (Å²) in [4.78, 5) is 22.3. The van der Waals surface area contributed by atoms with Crippen LogP contribution in [-0.2, 0) is 14.3 Å². The standard InChI is InChI=1S/C20H33N5O3/c1-15-21-19(23-22-15)18-2-7-24(20(26)17-5-12-28-13-6-17)8-9-25(18)14-16-3-10-27-11-4-16/h16-18H,2-14H2,1H3,(H,21,22,23)/t18-/m0/s1. The lowest BCUT2D eigenvalue weighted by Gasteiger charge is -2.33. The third kappa shape index (κ3) is 4.72. The molecule has 1 aromatic rings. The van der Waals surface area contributed by atoms with Gasteiger partial charge < -0.3 is 14.4 Å². The van der Waals surface area contributed by atoms with Gasteiger partial charge in [0, 0.05) is 58.5 Å². The van der Waals surface area contributed by atoms with Gasteiger partial charge in [-0.3, -0.25) is 14.8 Å². The number of hydrogen-bond acceptors (Lipinski definition) is 6. The van der Waals surface area contributed by atoms with Crippen LogP contribution in [0.5, 0.6) is 0 Å². The largest absolute Gasteiger partial charge is 0.381 e. The number of aromatic nitrogens is 3. The molecule has 0 saturated carbocycles. The molecule has 1 N–H and O–H groups in total. The van der Waals surface area contributed by atoms with Crippen LogP contribution < -0.4 is 0 Å². The van der Waals surface area contributed by atoms with Gasteiger partial charge in [-0.05, 0) is 44.9 Å². The number of aryl methyl sites for hydroxylation is 1. The Balaban J connectivity index is 1.45. The Kier molecular flexibility index (Phi) is 6.59. The summed E-state index contributed by atoms with van der Waals surface area (Å²) >= 11 is 0. The van der Waals surface area contributed by atoms with Crippen LogP contribution in [0.2, 0.25) is 0 Å². The van der Waals surface area contributed by atoms with Crippen LogP contribution in [0, 0.1) is 18.8 Å². The average molecular weight is 392 g/mol. The monoisotopic (exact) mass is 391 g/mol. The van der Waals surface area contributed by atoms with Crippen molar-refractivity contribution < 1.29 is 14.3 Å². The molecule has 156 valence electrons. The zero-order valence-electron chi connectivity index (χ0n) is 16.9. The van der Waals surface area contributed by atoms with Crippen LogP contribution in [0.3, 0.4) is 0 Å². The molecule has 4 heterocycles. The SMILES string of the molecule is Cc1nc([C@@H]2CCN(C(=O)C3CCOCC3)CCN2CC2CCOCC2)n[nH]1. The molecule has 0 aliphatic carbocycles. The van der Waals surface area contributed by atoms with Gasteiger partial charge in [0.15, 0.2) is 5.82 Å². The molecule has 1 amide bonds. The van der Waals surface area contributed by atoms with E-state index in [4.69, 9.17) is 9.47 Å². The topological polar surface area (TPSA) is 83.6 Å². The number of carbonyl (C=O) groups is 1. The molecular weight excluding hydrogens is 358 g/mol. The second-order valence-electron chi connectivity index (χ2n) is 8.35. The van der Waals surface area contributed by atoms with E-state index in [0.29, 0.717) is 25.0 Å². The van der Waals surface area contributed by atoms with Crippen LogP contribution in [0.1, 0.15) is 49.8 Å². The van der Waals surface area contributed by atoms with E-state index in [1.807, 2.05) is 6.92 Å². The van der Waals surface area contributed by atoms with Crippen molar-refractivity contribution in [2.75, 3.05) is 52.6 Å². The van der Waals surface area contributed by atoms with Crippen molar-refractivity contribution in [3.05, 3.63) is 11.6 Å². The van der Waals surface area contributed by atoms with Crippen LogP contribution >= 0.6 is 0 Å². The number of amides is 1. The summed E-state index contributed by atoms with van der Waals surface area (Å²) in [6, 6.07) is 0.167. The Morgan fingerprint density at radius 3 is 2.43 bits per heavy atom. The third-order valence-corrected chi connectivity index (χ3v) is 6.40. The molecule has 8 nitrogen and oxygen atoms in total. The van der Waals surface area contributed by atoms with Gasteiger partial charge in [-0.25, -0.2) is 4.98 Å². The number of hydrogen-bond donors (Lipinski definition) is 1. The van der Waals surface area contributed by atoms with Crippen LogP contribution in [0.4, 0.5) is 0 Å². The Bertz CT molecular complexity index is 640. The first kappa shape index (κ1) is 19.8. The molecule has 4 rings (SSSR count). The van der Waals surface area contributed by atoms with Gasteiger partial charge in [0.1, 0.15) is 5.82 Å². The lowest BCUT2D eigenvalue weighted by molar-refractivity contribution is -0.138. The highest BCUT2D eigenvalue weighted by atomic mass is 16.5. The Hall–Kier alpha value is -1.51. The number of ether oxygens (including phenoxy) is 2. The first-order valence-electron chi connectivity index (χ1n) is 10.8. The van der Waals surface area contributed by atoms with Gasteiger partial charge in [-0.2, -0.15) is 5.10 Å². The molecule has 0 radical (unpaired) electrons. The quantitative estimate of drug-likeness (QED) is 0.838. The van der Waals surface area contributed by atoms with E-state index in [-0.39, 0.29) is 12.0 Å². The lowest BCUT2D eigenvalue weighted by Crippen LogP contribution is -2.41. The molecule has 0 bridgehead atoms. The van der Waals surface area contributed by atoms with Gasteiger partial charge in [-0.1, -0.05) is 0 Å². The average Bonchev–Trinajstić information content (AvgIpc) is 3.05. The minimum absolute atomic E-state index is 0.125. The van der Waals surface area contributed by atoms with Crippen molar-refractivity contribution in [1.29, 1.82) is 0 Å². The maximum absolute atomic E-state index is 13.0. The third-order valence-electron chi connectivity index (χ3n) is 6.40. The summed E-state index contributed by atoms with van der Waals surface area (Å²) in [6.07, 6.45) is 4.81. The zero-order valence-corrected chi connectivity index (χ0v) is 16.9. The summed E-state index contributed by atoms with van der Waals surface area (Å²) in [7, 11) is 0. The van der Waals surface area contributed by atoms with Crippen molar-refractivity contribution in [3.8, 4) is 0 Å². The van der Waals surface area contributed by atoms with Gasteiger partial charge >= 0.3 is 0 Å². The molecule has 0 aromatic carbocycles. The number of nitrogens with zero attached hydrogens (tertiary/aromatic N) is 4. The second kappa shape index (κ2) is 9.33. The lowest BCUT2D eigenvalue weighted by atomic mass is 9.98. The molecule has 1 atom stereocenters. The highest BCUT2D eigenvalue weighted by Crippen LogP contribution is 2.29. The van der Waals surface area contributed by atoms with Crippen molar-refractivity contribution in [2.45, 2.75) is 45.1 Å². The molecular formula is C20H33N5O3. The fraction of sp³-hybridized carbons (Fsp3) is 0.850. The summed E-state index contributed by atoms with van der Waals surface area (Å²) in [5.41, 5.74) is 0. The van der Waals surface area contributed by atoms with E-state index in [2.05, 4.69) is 25.0 Å². The van der Waals surface area contributed by atoms with E-state index in [9.17, 15) is 4.79 Å². The van der Waals surface area contributed by atoms with E-state index < -0.39 is 0 Å². The molecule has 3 saturated heterocycles. The highest BCUT2D eigenvalue weighted by Gasteiger charge is 2.33. The minimum Gasteiger partial charge on any atom is -0.381 e. The van der Waals surface area contributed by atoms with Gasteiger partial charge in [0.2, 0.25) is 5.91 Å². The Morgan fingerprint density at radius 1 is 1.04 bits per heavy atom. The van der Waals surface area contributed by atoms with Gasteiger partial charge in [-0.15, -0.1) is 0 Å². The maximum Gasteiger partial charge on any atom is 0.225 e. The predicted octanol–water partition coefficient (Wildman–Crippen LogP) is 1.54. The number of nitrogens with one attached hydrogen (secondary N) is 1. The molecule has 3 aliphatic heterocycles. The molecule has 3 fully saturated rings. The zero-order chi connectivity index (χ0) is 19.3. The predicted molar refractivity (Wildman–Crippen MR) is 104 cm³/mol. The highest BCUT2D eigenvalue weighted by molar-refractivity contribution is 5.79. The Labute approximate surface area is 167 Å². The Morgan fingerprint density at radius 2 is 1.75 bits per heavy atom. The fourth-order valence-electron chi connectivity index (χ4n) is 4.68. The summed E-state index contributed by atoms with van der Waals surface area (Å²) < 4.78 is 11.0. The normalized spacial score (nSPS) is 26.3. The molecule has 8 heteroatoms. The number of aromatic amines is 1. The van der Waals surface area contributed by atoms with E-state index in [0.717, 1.165) is 83.1 Å². The van der Waals surface area contributed by atoms with Crippen molar-refractivity contribution in [2.24, 2.45) is 11.8 Å². The van der Waals surface area contributed by atoms with Crippen molar-refractivity contribution in [3.63, 3.8) is 0 Å². The van der Waals surface area contributed by atoms with Gasteiger partial charge in [0.25, 0.3) is 0 Å². The van der Waals surface area contributed by atoms with E-state index in [1.54, 1.807) is 0 Å². The molecule has 0 unspecified atom stereocenters. The molecule has 1 aromatic heterocycles. The van der Waals surface area contributed by atoms with Crippen LogP contribution in [-0.4, -0.2) is 83.5 Å². The molecule has 3 aliphatic rings. The van der Waals surface area contributed by atoms with Gasteiger partial charge in [0.05, 0.1) is 6.04 Å². The van der Waals surface area contributed by atoms with Crippen LogP contribution in [0.25, 0.3) is 0 Å². The van der Waals surface area contributed by atoms with E-state index in [1.165, 1.54) is 0 Å². The molecule has 0 spiro atoms. The number of carbonyl (C=O) groups excluding carboxylic acids is 1. The number of H-pyrrole nitrogens is 1. The van der Waals surface area contributed by atoms with Crippen molar-refractivity contribution in [1.82, 2.24) is 25.0 Å². The summed E-state index contributed by atoms with van der Waals surface area (Å²) in [6.45, 7) is 8.55. The summed E-state index contributed by atoms with van der Waals surface area (Å²) in [5.74, 6) is 2.79. The molecule has 28 heavy (non-hydrogen) atoms.